The lowest BCUT2D eigenvalue weighted by molar-refractivity contribution is 0.0948. The molecule has 0 aliphatic heterocycles. The van der Waals surface area contributed by atoms with Crippen LogP contribution in [0.1, 0.15) is 32.8 Å². The summed E-state index contributed by atoms with van der Waals surface area (Å²) in [5.41, 5.74) is 18.2. The average molecular weight is 433 g/mol. The molecular formula is C21H23N9O2. The summed E-state index contributed by atoms with van der Waals surface area (Å²) in [6.45, 7) is 0.844. The minimum Gasteiger partial charge on any atom is -0.447 e. The highest BCUT2D eigenvalue weighted by Crippen LogP contribution is 2.24. The number of nitrogen functional groups attached to an aromatic ring is 3. The molecule has 0 fully saturated rings. The van der Waals surface area contributed by atoms with Crippen LogP contribution in [0.4, 0.5) is 17.3 Å². The third-order valence-corrected chi connectivity index (χ3v) is 4.85. The van der Waals surface area contributed by atoms with E-state index in [9.17, 15) is 4.79 Å². The summed E-state index contributed by atoms with van der Waals surface area (Å²) in [6, 6.07) is 9.06. The van der Waals surface area contributed by atoms with Gasteiger partial charge in [0.25, 0.3) is 5.91 Å². The fraction of sp³-hybridized carbons (Fsp3) is 0.143. The number of hydrogen-bond acceptors (Lipinski definition) is 9. The van der Waals surface area contributed by atoms with Crippen molar-refractivity contribution in [1.82, 2.24) is 25.1 Å². The van der Waals surface area contributed by atoms with Crippen LogP contribution in [0.25, 0.3) is 0 Å². The second kappa shape index (κ2) is 9.18. The van der Waals surface area contributed by atoms with Gasteiger partial charge in [-0.2, -0.15) is 5.10 Å². The normalized spacial score (nSPS) is 10.8. The third kappa shape index (κ3) is 4.84. The maximum absolute atomic E-state index is 12.3. The lowest BCUT2D eigenvalue weighted by Gasteiger charge is -2.10. The van der Waals surface area contributed by atoms with Crippen molar-refractivity contribution in [3.05, 3.63) is 83.3 Å². The van der Waals surface area contributed by atoms with Crippen LogP contribution >= 0.6 is 0 Å². The number of anilines is 3. The molecule has 0 aliphatic rings. The van der Waals surface area contributed by atoms with E-state index >= 15 is 0 Å². The first-order valence-corrected chi connectivity index (χ1v) is 9.79. The Labute approximate surface area is 183 Å². The summed E-state index contributed by atoms with van der Waals surface area (Å²) < 4.78 is 6.92. The Bertz CT molecular complexity index is 1200. The maximum atomic E-state index is 12.3. The van der Waals surface area contributed by atoms with E-state index in [2.05, 4.69) is 25.8 Å². The van der Waals surface area contributed by atoms with Gasteiger partial charge in [-0.25, -0.2) is 15.8 Å². The Balaban J connectivity index is 1.37. The Morgan fingerprint density at radius 3 is 2.66 bits per heavy atom. The van der Waals surface area contributed by atoms with Crippen molar-refractivity contribution in [2.24, 2.45) is 5.84 Å². The molecule has 1 amide bonds. The number of nitrogens with one attached hydrogen (secondary N) is 2. The van der Waals surface area contributed by atoms with Gasteiger partial charge in [-0.1, -0.05) is 12.1 Å². The minimum atomic E-state index is -0.185. The Morgan fingerprint density at radius 2 is 1.94 bits per heavy atom. The van der Waals surface area contributed by atoms with Gasteiger partial charge in [-0.05, 0) is 34.9 Å². The van der Waals surface area contributed by atoms with Crippen molar-refractivity contribution in [3.63, 3.8) is 0 Å². The van der Waals surface area contributed by atoms with Gasteiger partial charge in [0.2, 0.25) is 0 Å². The van der Waals surface area contributed by atoms with Crippen molar-refractivity contribution in [3.8, 4) is 0 Å². The average Bonchev–Trinajstić information content (AvgIpc) is 3.47. The van der Waals surface area contributed by atoms with Gasteiger partial charge in [-0.15, -0.1) is 0 Å². The molecule has 164 valence electrons. The molecule has 0 unspecified atom stereocenters. The number of rotatable bonds is 8. The lowest BCUT2D eigenvalue weighted by Crippen LogP contribution is -2.22. The molecule has 8 N–H and O–H groups in total. The number of aromatic nitrogens is 4. The quantitative estimate of drug-likeness (QED) is 0.202. The van der Waals surface area contributed by atoms with Crippen molar-refractivity contribution < 1.29 is 9.21 Å². The van der Waals surface area contributed by atoms with Gasteiger partial charge >= 0.3 is 0 Å². The summed E-state index contributed by atoms with van der Waals surface area (Å²) in [5, 5.41) is 7.20. The molecule has 4 aromatic rings. The van der Waals surface area contributed by atoms with E-state index in [4.69, 9.17) is 21.7 Å². The maximum Gasteiger partial charge on any atom is 0.251 e. The van der Waals surface area contributed by atoms with E-state index in [0.29, 0.717) is 41.6 Å². The summed E-state index contributed by atoms with van der Waals surface area (Å²) in [5.74, 6) is 6.53. The zero-order chi connectivity index (χ0) is 22.5. The smallest absolute Gasteiger partial charge is 0.251 e. The molecule has 11 nitrogen and oxygen atoms in total. The largest absolute Gasteiger partial charge is 0.447 e. The number of amides is 1. The molecular weight excluding hydrogens is 410 g/mol. The van der Waals surface area contributed by atoms with E-state index < -0.39 is 0 Å². The Kier molecular flexibility index (Phi) is 5.99. The SMILES string of the molecule is NNc1nc(N)cc(Cc2cnn(Cc3ccc(C(=O)NCc4cnco4)cc3)c2)c1N. The number of oxazole rings is 1. The number of hydrazine groups is 1. The number of carbonyl (C=O) groups excluding carboxylic acids is 1. The number of nitrogens with two attached hydrogens (primary N) is 3. The number of pyridine rings is 1. The highest BCUT2D eigenvalue weighted by atomic mass is 16.3. The van der Waals surface area contributed by atoms with Gasteiger partial charge in [-0.3, -0.25) is 9.48 Å². The highest BCUT2D eigenvalue weighted by Gasteiger charge is 2.11. The van der Waals surface area contributed by atoms with Crippen LogP contribution in [0, 0.1) is 0 Å². The van der Waals surface area contributed by atoms with Crippen LogP contribution in [-0.4, -0.2) is 25.7 Å². The van der Waals surface area contributed by atoms with E-state index in [1.165, 1.54) is 6.39 Å². The van der Waals surface area contributed by atoms with E-state index in [-0.39, 0.29) is 12.5 Å². The predicted octanol–water partition coefficient (Wildman–Crippen LogP) is 1.29. The van der Waals surface area contributed by atoms with Crippen LogP contribution in [0.2, 0.25) is 0 Å². The molecule has 0 bridgehead atoms. The molecule has 0 spiro atoms. The number of benzene rings is 1. The topological polar surface area (TPSA) is 176 Å². The molecule has 0 radical (unpaired) electrons. The van der Waals surface area contributed by atoms with Crippen molar-refractivity contribution in [1.29, 1.82) is 0 Å². The first-order chi connectivity index (χ1) is 15.5. The highest BCUT2D eigenvalue weighted by molar-refractivity contribution is 5.94. The molecule has 4 rings (SSSR count). The first-order valence-electron chi connectivity index (χ1n) is 9.79. The van der Waals surface area contributed by atoms with Crippen molar-refractivity contribution in [2.75, 3.05) is 16.9 Å². The van der Waals surface area contributed by atoms with Crippen molar-refractivity contribution in [2.45, 2.75) is 19.5 Å². The van der Waals surface area contributed by atoms with Crippen LogP contribution in [0.3, 0.4) is 0 Å². The van der Waals surface area contributed by atoms with Crippen molar-refractivity contribution >= 4 is 23.2 Å². The van der Waals surface area contributed by atoms with Crippen LogP contribution in [0.5, 0.6) is 0 Å². The van der Waals surface area contributed by atoms with E-state index in [1.54, 1.807) is 30.6 Å². The van der Waals surface area contributed by atoms with E-state index in [0.717, 1.165) is 16.7 Å². The minimum absolute atomic E-state index is 0.185. The summed E-state index contributed by atoms with van der Waals surface area (Å²) in [6.07, 6.45) is 7.14. The van der Waals surface area contributed by atoms with Crippen LogP contribution < -0.4 is 28.1 Å². The molecule has 0 atom stereocenters. The molecule has 0 saturated carbocycles. The monoisotopic (exact) mass is 433 g/mol. The van der Waals surface area contributed by atoms with Crippen LogP contribution in [-0.2, 0) is 19.5 Å². The zero-order valence-electron chi connectivity index (χ0n) is 17.2. The standard InChI is InChI=1S/C21H23N9O2/c22-18-6-16(19(23)20(28-18)29-24)5-14-7-27-30(11-14)10-13-1-3-15(4-2-13)21(31)26-9-17-8-25-12-32-17/h1-4,6-8,11-12H,5,9-10,23-24H2,(H,26,31)(H3,22,28,29). The number of hydrogen-bond donors (Lipinski definition) is 5. The molecule has 3 aromatic heterocycles. The summed E-state index contributed by atoms with van der Waals surface area (Å²) in [4.78, 5) is 20.1. The van der Waals surface area contributed by atoms with E-state index in [1.807, 2.05) is 23.0 Å². The van der Waals surface area contributed by atoms with Gasteiger partial charge in [0.15, 0.2) is 12.2 Å². The second-order valence-corrected chi connectivity index (χ2v) is 7.18. The molecule has 0 aliphatic carbocycles. The molecule has 32 heavy (non-hydrogen) atoms. The molecule has 1 aromatic carbocycles. The fourth-order valence-electron chi connectivity index (χ4n) is 3.24. The van der Waals surface area contributed by atoms with Crippen LogP contribution in [0.15, 0.2) is 59.7 Å². The summed E-state index contributed by atoms with van der Waals surface area (Å²) >= 11 is 0. The third-order valence-electron chi connectivity index (χ3n) is 4.85. The predicted molar refractivity (Wildman–Crippen MR) is 119 cm³/mol. The molecule has 11 heteroatoms. The Hall–Kier alpha value is -4.38. The molecule has 3 heterocycles. The first kappa shape index (κ1) is 20.9. The summed E-state index contributed by atoms with van der Waals surface area (Å²) in [7, 11) is 0. The Morgan fingerprint density at radius 1 is 1.12 bits per heavy atom. The van der Waals surface area contributed by atoms with Gasteiger partial charge < -0.3 is 26.6 Å². The molecule has 0 saturated heterocycles. The van der Waals surface area contributed by atoms with Gasteiger partial charge in [0, 0.05) is 18.2 Å². The second-order valence-electron chi connectivity index (χ2n) is 7.18. The van der Waals surface area contributed by atoms with Gasteiger partial charge in [0.1, 0.15) is 11.6 Å². The lowest BCUT2D eigenvalue weighted by atomic mass is 10.1. The van der Waals surface area contributed by atoms with Gasteiger partial charge in [0.05, 0.1) is 31.2 Å². The zero-order valence-corrected chi connectivity index (χ0v) is 17.2. The number of nitrogens with zero attached hydrogens (tertiary/aromatic N) is 4. The number of carbonyl (C=O) groups is 1. The fourth-order valence-corrected chi connectivity index (χ4v) is 3.24.